The van der Waals surface area contributed by atoms with E-state index in [0.29, 0.717) is 68.3 Å². The summed E-state index contributed by atoms with van der Waals surface area (Å²) in [4.78, 5) is 24.2. The van der Waals surface area contributed by atoms with E-state index in [9.17, 15) is 13.6 Å². The Labute approximate surface area is 237 Å². The van der Waals surface area contributed by atoms with Crippen LogP contribution in [0.4, 0.5) is 14.6 Å². The molecule has 0 aliphatic carbocycles. The van der Waals surface area contributed by atoms with Crippen molar-refractivity contribution in [3.8, 4) is 0 Å². The minimum atomic E-state index is -0.866. The van der Waals surface area contributed by atoms with Crippen molar-refractivity contribution in [1.29, 1.82) is 0 Å². The Morgan fingerprint density at radius 2 is 1.95 bits per heavy atom. The molecular formula is C30H34F2N6O3. The molecule has 1 saturated heterocycles. The molecule has 0 radical (unpaired) electrons. The molecular weight excluding hydrogens is 530 g/mol. The Bertz CT molecular complexity index is 1480. The highest BCUT2D eigenvalue weighted by Crippen LogP contribution is 2.43. The van der Waals surface area contributed by atoms with E-state index in [1.54, 1.807) is 19.4 Å². The van der Waals surface area contributed by atoms with Crippen LogP contribution >= 0.6 is 0 Å². The minimum Gasteiger partial charge on any atom is -0.472 e. The molecule has 11 heteroatoms. The van der Waals surface area contributed by atoms with Crippen LogP contribution in [0.15, 0.2) is 41.5 Å². The molecule has 1 amide bonds. The molecule has 5 heterocycles. The number of aliphatic imine (C=N–C) groups is 1. The highest BCUT2D eigenvalue weighted by Gasteiger charge is 2.43. The molecule has 0 N–H and O–H groups in total. The quantitative estimate of drug-likeness (QED) is 0.429. The van der Waals surface area contributed by atoms with E-state index in [0.717, 1.165) is 11.6 Å². The van der Waals surface area contributed by atoms with Crippen LogP contribution in [0.5, 0.6) is 0 Å². The Kier molecular flexibility index (Phi) is 7.09. The van der Waals surface area contributed by atoms with Crippen molar-refractivity contribution in [2.24, 2.45) is 4.99 Å². The Morgan fingerprint density at radius 1 is 1.15 bits per heavy atom. The summed E-state index contributed by atoms with van der Waals surface area (Å²) in [6.45, 7) is 5.23. The van der Waals surface area contributed by atoms with E-state index in [1.165, 1.54) is 12.5 Å². The number of pyridine rings is 1. The number of halogens is 2. The molecule has 0 saturated carbocycles. The van der Waals surface area contributed by atoms with Gasteiger partial charge < -0.3 is 18.9 Å². The average molecular weight is 565 g/mol. The highest BCUT2D eigenvalue weighted by molar-refractivity contribution is 5.77. The van der Waals surface area contributed by atoms with Crippen LogP contribution in [0, 0.1) is 11.6 Å². The lowest BCUT2D eigenvalue weighted by atomic mass is 9.83. The van der Waals surface area contributed by atoms with Gasteiger partial charge in [0.05, 0.1) is 0 Å². The van der Waals surface area contributed by atoms with Gasteiger partial charge in [-0.1, -0.05) is 12.1 Å². The summed E-state index contributed by atoms with van der Waals surface area (Å²) in [7, 11) is 1.60. The number of hydrogen-bond donors (Lipinski definition) is 0. The first-order valence-corrected chi connectivity index (χ1v) is 14.1. The summed E-state index contributed by atoms with van der Waals surface area (Å²) in [5, 5.41) is 8.98. The molecule has 2 atom stereocenters. The third-order valence-electron chi connectivity index (χ3n) is 8.96. The number of ether oxygens (including phenoxy) is 2. The topological polar surface area (TPSA) is 94.7 Å². The van der Waals surface area contributed by atoms with Crippen molar-refractivity contribution >= 4 is 18.1 Å². The molecule has 6 rings (SSSR count). The van der Waals surface area contributed by atoms with Crippen molar-refractivity contribution < 1.29 is 23.0 Å². The molecule has 2 aromatic heterocycles. The van der Waals surface area contributed by atoms with E-state index < -0.39 is 22.8 Å². The maximum Gasteiger partial charge on any atom is 0.223 e. The molecule has 41 heavy (non-hydrogen) atoms. The van der Waals surface area contributed by atoms with Crippen LogP contribution in [-0.4, -0.2) is 57.2 Å². The maximum atomic E-state index is 14.9. The maximum absolute atomic E-state index is 14.9. The Balaban J connectivity index is 1.23. The molecule has 0 bridgehead atoms. The number of carbonyl (C=O) groups excluding carboxylic acids is 1. The number of carbonyl (C=O) groups is 1. The summed E-state index contributed by atoms with van der Waals surface area (Å²) >= 11 is 0. The van der Waals surface area contributed by atoms with E-state index in [4.69, 9.17) is 9.47 Å². The number of aromatic nitrogens is 4. The fourth-order valence-corrected chi connectivity index (χ4v) is 6.40. The number of fused-ring (bicyclic) bond motifs is 3. The second-order valence-electron chi connectivity index (χ2n) is 11.6. The third kappa shape index (κ3) is 4.90. The SMILES string of the molecule is COC(C)(C)c1nnc2n1C[C@@H](c1cccc(F)c1F)CC[C@@H]2CC(=O)N1CCC2(CC1)OC=Nc1ncccc12. The molecule has 216 valence electrons. The van der Waals surface area contributed by atoms with Gasteiger partial charge in [0.1, 0.15) is 17.0 Å². The van der Waals surface area contributed by atoms with Gasteiger partial charge in [0.25, 0.3) is 0 Å². The van der Waals surface area contributed by atoms with Gasteiger partial charge in [-0.2, -0.15) is 0 Å². The van der Waals surface area contributed by atoms with Gasteiger partial charge in [0.15, 0.2) is 29.7 Å². The van der Waals surface area contributed by atoms with Crippen molar-refractivity contribution in [2.45, 2.75) is 75.5 Å². The van der Waals surface area contributed by atoms with E-state index >= 15 is 0 Å². The fraction of sp³-hybridized carbons (Fsp3) is 0.500. The number of likely N-dealkylation sites (tertiary alicyclic amines) is 1. The number of rotatable bonds is 5. The second kappa shape index (κ2) is 10.6. The minimum absolute atomic E-state index is 0.0261. The summed E-state index contributed by atoms with van der Waals surface area (Å²) < 4.78 is 42.7. The molecule has 1 spiro atoms. The second-order valence-corrected chi connectivity index (χ2v) is 11.6. The number of nitrogens with zero attached hydrogens (tertiary/aromatic N) is 6. The summed E-state index contributed by atoms with van der Waals surface area (Å²) in [6.07, 6.45) is 5.86. The molecule has 1 fully saturated rings. The molecule has 3 aliphatic rings. The van der Waals surface area contributed by atoms with Crippen molar-refractivity contribution in [3.05, 3.63) is 70.9 Å². The molecule has 1 aromatic carbocycles. The van der Waals surface area contributed by atoms with Gasteiger partial charge in [-0.15, -0.1) is 10.2 Å². The van der Waals surface area contributed by atoms with Crippen LogP contribution in [0.2, 0.25) is 0 Å². The van der Waals surface area contributed by atoms with E-state index in [-0.39, 0.29) is 24.2 Å². The number of piperidine rings is 1. The van der Waals surface area contributed by atoms with Gasteiger partial charge in [-0.3, -0.25) is 4.79 Å². The van der Waals surface area contributed by atoms with Crippen LogP contribution < -0.4 is 0 Å². The normalized spacial score (nSPS) is 21.6. The van der Waals surface area contributed by atoms with Crippen LogP contribution in [0.1, 0.15) is 80.6 Å². The van der Waals surface area contributed by atoms with E-state index in [1.807, 2.05) is 35.4 Å². The monoisotopic (exact) mass is 564 g/mol. The fourth-order valence-electron chi connectivity index (χ4n) is 6.40. The number of methoxy groups -OCH3 is 1. The van der Waals surface area contributed by atoms with Crippen molar-refractivity contribution in [2.75, 3.05) is 20.2 Å². The predicted octanol–water partition coefficient (Wildman–Crippen LogP) is 5.09. The molecule has 3 aromatic rings. The van der Waals surface area contributed by atoms with Crippen LogP contribution in [0.3, 0.4) is 0 Å². The highest BCUT2D eigenvalue weighted by atomic mass is 19.2. The Hall–Kier alpha value is -3.73. The van der Waals surface area contributed by atoms with Crippen LogP contribution in [-0.2, 0) is 32.0 Å². The standard InChI is InChI=1S/C30H34F2N6O3/c1-29(2,40-3)28-36-35-27-19(9-10-20(17-38(27)28)21-6-4-8-23(31)25(21)32)16-24(39)37-14-11-30(12-15-37)22-7-5-13-33-26(22)34-18-41-30/h4-8,13,18-20H,9-12,14-17H2,1-3H3/t19-,20+/m1/s1. The zero-order valence-electron chi connectivity index (χ0n) is 23.5. The number of hydrogen-bond acceptors (Lipinski definition) is 7. The smallest absolute Gasteiger partial charge is 0.223 e. The Morgan fingerprint density at radius 3 is 2.73 bits per heavy atom. The average Bonchev–Trinajstić information content (AvgIpc) is 3.33. The lowest BCUT2D eigenvalue weighted by molar-refractivity contribution is -0.135. The van der Waals surface area contributed by atoms with Gasteiger partial charge in [-0.25, -0.2) is 18.8 Å². The van der Waals surface area contributed by atoms with Gasteiger partial charge in [-0.05, 0) is 50.5 Å². The molecule has 0 unspecified atom stereocenters. The predicted molar refractivity (Wildman–Crippen MR) is 147 cm³/mol. The van der Waals surface area contributed by atoms with Crippen LogP contribution in [0.25, 0.3) is 0 Å². The first-order valence-electron chi connectivity index (χ1n) is 14.1. The van der Waals surface area contributed by atoms with Crippen molar-refractivity contribution in [3.63, 3.8) is 0 Å². The molecule has 9 nitrogen and oxygen atoms in total. The lowest BCUT2D eigenvalue weighted by Gasteiger charge is -2.42. The third-order valence-corrected chi connectivity index (χ3v) is 8.96. The number of amides is 1. The van der Waals surface area contributed by atoms with Crippen molar-refractivity contribution in [1.82, 2.24) is 24.6 Å². The van der Waals surface area contributed by atoms with Gasteiger partial charge in [0.2, 0.25) is 5.91 Å². The largest absolute Gasteiger partial charge is 0.472 e. The zero-order valence-corrected chi connectivity index (χ0v) is 23.5. The molecule has 3 aliphatic heterocycles. The summed E-state index contributed by atoms with van der Waals surface area (Å²) in [6, 6.07) is 8.17. The lowest BCUT2D eigenvalue weighted by Crippen LogP contribution is -2.47. The zero-order chi connectivity index (χ0) is 28.8. The van der Waals surface area contributed by atoms with Gasteiger partial charge in [0, 0.05) is 69.6 Å². The first kappa shape index (κ1) is 27.4. The van der Waals surface area contributed by atoms with Gasteiger partial charge >= 0.3 is 0 Å². The summed E-state index contributed by atoms with van der Waals surface area (Å²) in [5.41, 5.74) is -0.0153. The number of benzene rings is 1. The summed E-state index contributed by atoms with van der Waals surface area (Å²) in [5.74, 6) is -0.263. The van der Waals surface area contributed by atoms with E-state index in [2.05, 4.69) is 20.2 Å². The first-order chi connectivity index (χ1) is 19.7.